The first-order valence-corrected chi connectivity index (χ1v) is 12.0. The Hall–Kier alpha value is -3.10. The molecule has 34 heavy (non-hydrogen) atoms. The smallest absolute Gasteiger partial charge is 0.252 e. The summed E-state index contributed by atoms with van der Waals surface area (Å²) in [4.78, 5) is 26.2. The number of allylic oxidation sites excluding steroid dienone is 3. The molecule has 0 unspecified atom stereocenters. The maximum absolute atomic E-state index is 13.5. The number of nitrogens with zero attached hydrogens (tertiary/aromatic N) is 1. The minimum absolute atomic E-state index is 0.0841. The second-order valence-electron chi connectivity index (χ2n) is 10.1. The molecule has 0 spiro atoms. The molecule has 3 rings (SSSR count). The topological polar surface area (TPSA) is 71.3 Å². The number of hydrogen-bond donors (Lipinski definition) is 2. The molecular weight excluding hydrogens is 424 g/mol. The zero-order chi connectivity index (χ0) is 25.2. The molecule has 0 saturated carbocycles. The lowest BCUT2D eigenvalue weighted by Crippen LogP contribution is -2.29. The number of rotatable bonds is 6. The van der Waals surface area contributed by atoms with Crippen LogP contribution in [0.25, 0.3) is 10.9 Å². The van der Waals surface area contributed by atoms with Crippen LogP contribution in [0.5, 0.6) is 0 Å². The average molecular weight is 461 g/mol. The molecule has 1 amide bonds. The SMILES string of the molecule is CCCC1=C(CNC(=O)c2cc(C#CC(C)(C)O)cc3c2c(C)cn3C(C)C)C(=O)CC(C)=C1. The Bertz CT molecular complexity index is 1250. The molecule has 1 aliphatic rings. The van der Waals surface area contributed by atoms with Crippen LogP contribution in [0.3, 0.4) is 0 Å². The Kier molecular flexibility index (Phi) is 7.53. The van der Waals surface area contributed by atoms with Crippen molar-refractivity contribution in [3.8, 4) is 11.8 Å². The van der Waals surface area contributed by atoms with Gasteiger partial charge in [0, 0.05) is 41.7 Å². The second kappa shape index (κ2) is 10.0. The van der Waals surface area contributed by atoms with Crippen LogP contribution in [-0.2, 0) is 4.79 Å². The molecule has 180 valence electrons. The number of nitrogens with one attached hydrogen (secondary N) is 1. The van der Waals surface area contributed by atoms with E-state index in [1.54, 1.807) is 19.9 Å². The Labute approximate surface area is 202 Å². The number of ketones is 1. The van der Waals surface area contributed by atoms with E-state index in [0.29, 0.717) is 23.1 Å². The van der Waals surface area contributed by atoms with Gasteiger partial charge >= 0.3 is 0 Å². The van der Waals surface area contributed by atoms with Gasteiger partial charge in [-0.25, -0.2) is 0 Å². The number of carbonyl (C=O) groups is 2. The quantitative estimate of drug-likeness (QED) is 0.567. The monoisotopic (exact) mass is 460 g/mol. The normalized spacial score (nSPS) is 14.4. The highest BCUT2D eigenvalue weighted by Gasteiger charge is 2.22. The molecular formula is C29H36N2O3. The fourth-order valence-corrected chi connectivity index (χ4v) is 4.43. The van der Waals surface area contributed by atoms with Crippen LogP contribution in [0.15, 0.2) is 41.1 Å². The third kappa shape index (κ3) is 5.69. The Morgan fingerprint density at radius 3 is 2.59 bits per heavy atom. The molecule has 0 radical (unpaired) electrons. The van der Waals surface area contributed by atoms with E-state index in [0.717, 1.165) is 40.5 Å². The molecule has 1 aromatic carbocycles. The number of hydrogen-bond acceptors (Lipinski definition) is 3. The van der Waals surface area contributed by atoms with E-state index in [2.05, 4.69) is 54.8 Å². The summed E-state index contributed by atoms with van der Waals surface area (Å²) in [5.74, 6) is 5.72. The van der Waals surface area contributed by atoms with Crippen LogP contribution < -0.4 is 5.32 Å². The third-order valence-electron chi connectivity index (χ3n) is 5.97. The third-order valence-corrected chi connectivity index (χ3v) is 5.97. The van der Waals surface area contributed by atoms with Crippen molar-refractivity contribution < 1.29 is 14.7 Å². The van der Waals surface area contributed by atoms with E-state index >= 15 is 0 Å². The van der Waals surface area contributed by atoms with Gasteiger partial charge < -0.3 is 15.0 Å². The van der Waals surface area contributed by atoms with Crippen LogP contribution in [0.2, 0.25) is 0 Å². The van der Waals surface area contributed by atoms with E-state index in [1.807, 2.05) is 19.9 Å². The largest absolute Gasteiger partial charge is 0.378 e. The van der Waals surface area contributed by atoms with Crippen LogP contribution in [0.1, 0.15) is 88.3 Å². The van der Waals surface area contributed by atoms with E-state index in [4.69, 9.17) is 0 Å². The highest BCUT2D eigenvalue weighted by molar-refractivity contribution is 6.09. The van der Waals surface area contributed by atoms with Crippen molar-refractivity contribution in [2.24, 2.45) is 0 Å². The van der Waals surface area contributed by atoms with E-state index in [-0.39, 0.29) is 24.3 Å². The van der Waals surface area contributed by atoms with Gasteiger partial charge in [0.05, 0.1) is 11.1 Å². The van der Waals surface area contributed by atoms with Gasteiger partial charge in [0.1, 0.15) is 5.60 Å². The summed E-state index contributed by atoms with van der Waals surface area (Å²) >= 11 is 0. The minimum Gasteiger partial charge on any atom is -0.378 e. The number of aromatic nitrogens is 1. The van der Waals surface area contributed by atoms with Crippen LogP contribution in [0.4, 0.5) is 0 Å². The molecule has 0 saturated heterocycles. The number of fused-ring (bicyclic) bond motifs is 1. The van der Waals surface area contributed by atoms with Crippen LogP contribution >= 0.6 is 0 Å². The molecule has 1 aromatic heterocycles. The molecule has 0 aliphatic heterocycles. The summed E-state index contributed by atoms with van der Waals surface area (Å²) in [7, 11) is 0. The number of aryl methyl sites for hydroxylation is 1. The zero-order valence-electron chi connectivity index (χ0n) is 21.4. The maximum atomic E-state index is 13.5. The van der Waals surface area contributed by atoms with Gasteiger partial charge in [-0.05, 0) is 71.2 Å². The van der Waals surface area contributed by atoms with Gasteiger partial charge in [-0.3, -0.25) is 9.59 Å². The highest BCUT2D eigenvalue weighted by atomic mass is 16.3. The van der Waals surface area contributed by atoms with Gasteiger partial charge in [-0.1, -0.05) is 36.8 Å². The van der Waals surface area contributed by atoms with Gasteiger partial charge in [-0.2, -0.15) is 0 Å². The van der Waals surface area contributed by atoms with Crippen LogP contribution in [-0.4, -0.2) is 33.5 Å². The van der Waals surface area contributed by atoms with Gasteiger partial charge in [0.25, 0.3) is 5.91 Å². The molecule has 2 aromatic rings. The van der Waals surface area contributed by atoms with Gasteiger partial charge in [0.15, 0.2) is 5.78 Å². The zero-order valence-corrected chi connectivity index (χ0v) is 21.4. The van der Waals surface area contributed by atoms with Crippen molar-refractivity contribution >= 4 is 22.6 Å². The van der Waals surface area contributed by atoms with Crippen molar-refractivity contribution in [1.29, 1.82) is 0 Å². The molecule has 1 aliphatic carbocycles. The molecule has 5 nitrogen and oxygen atoms in total. The maximum Gasteiger partial charge on any atom is 0.252 e. The summed E-state index contributed by atoms with van der Waals surface area (Å²) < 4.78 is 2.14. The first kappa shape index (κ1) is 25.5. The van der Waals surface area contributed by atoms with Gasteiger partial charge in [0.2, 0.25) is 0 Å². The van der Waals surface area contributed by atoms with Crippen LogP contribution in [0, 0.1) is 18.8 Å². The lowest BCUT2D eigenvalue weighted by molar-refractivity contribution is -0.115. The minimum atomic E-state index is -1.14. The first-order valence-electron chi connectivity index (χ1n) is 12.0. The lowest BCUT2D eigenvalue weighted by atomic mass is 9.89. The highest BCUT2D eigenvalue weighted by Crippen LogP contribution is 2.29. The predicted octanol–water partition coefficient (Wildman–Crippen LogP) is 5.40. The van der Waals surface area contributed by atoms with Crippen molar-refractivity contribution in [3.63, 3.8) is 0 Å². The predicted molar refractivity (Wildman–Crippen MR) is 138 cm³/mol. The number of Topliss-reactive ketones (excluding diaryl/α,β-unsaturated/α-hetero) is 1. The van der Waals surface area contributed by atoms with Gasteiger partial charge in [-0.15, -0.1) is 0 Å². The summed E-state index contributed by atoms with van der Waals surface area (Å²) in [5, 5.41) is 13.9. The Balaban J connectivity index is 2.05. The van der Waals surface area contributed by atoms with Crippen molar-refractivity contribution in [2.45, 2.75) is 79.4 Å². The lowest BCUT2D eigenvalue weighted by Gasteiger charge is -2.18. The molecule has 0 fully saturated rings. The van der Waals surface area contributed by atoms with E-state index in [9.17, 15) is 14.7 Å². The standard InChI is InChI=1S/C29H36N2O3/c1-8-9-22-12-19(4)13-26(32)24(22)16-30-28(33)23-14-21(10-11-29(6,7)34)15-25-27(23)20(5)17-31(25)18(2)3/h12,14-15,17-18,34H,8-9,13,16H2,1-7H3,(H,30,33). The average Bonchev–Trinajstić information content (AvgIpc) is 3.07. The molecule has 0 bridgehead atoms. The molecule has 0 atom stereocenters. The summed E-state index contributed by atoms with van der Waals surface area (Å²) in [5.41, 5.74) is 4.78. The fourth-order valence-electron chi connectivity index (χ4n) is 4.43. The van der Waals surface area contributed by atoms with Crippen molar-refractivity contribution in [2.75, 3.05) is 6.54 Å². The molecule has 5 heteroatoms. The molecule has 1 heterocycles. The second-order valence-corrected chi connectivity index (χ2v) is 10.1. The number of carbonyl (C=O) groups excluding carboxylic acids is 2. The van der Waals surface area contributed by atoms with Crippen molar-refractivity contribution in [1.82, 2.24) is 9.88 Å². The summed E-state index contributed by atoms with van der Waals surface area (Å²) in [6, 6.07) is 3.96. The Morgan fingerprint density at radius 2 is 1.97 bits per heavy atom. The Morgan fingerprint density at radius 1 is 1.26 bits per heavy atom. The van der Waals surface area contributed by atoms with E-state index < -0.39 is 5.60 Å². The fraction of sp³-hybridized carbons (Fsp3) is 0.448. The summed E-state index contributed by atoms with van der Waals surface area (Å²) in [6.07, 6.45) is 6.30. The number of benzene rings is 1. The first-order chi connectivity index (χ1) is 15.9. The number of amides is 1. The van der Waals surface area contributed by atoms with E-state index in [1.165, 1.54) is 0 Å². The van der Waals surface area contributed by atoms with Crippen molar-refractivity contribution in [3.05, 3.63) is 57.8 Å². The summed E-state index contributed by atoms with van der Waals surface area (Å²) in [6.45, 7) is 13.7. The molecule has 2 N–H and O–H groups in total. The number of aliphatic hydroxyl groups is 1.